The number of nitrogens with zero attached hydrogens (tertiary/aromatic N) is 1. The zero-order valence-corrected chi connectivity index (χ0v) is 9.85. The van der Waals surface area contributed by atoms with Crippen LogP contribution in [0.4, 0.5) is 0 Å². The van der Waals surface area contributed by atoms with Crippen LogP contribution in [0.25, 0.3) is 0 Å². The van der Waals surface area contributed by atoms with Crippen molar-refractivity contribution in [3.63, 3.8) is 0 Å². The summed E-state index contributed by atoms with van der Waals surface area (Å²) in [7, 11) is 0. The van der Waals surface area contributed by atoms with Gasteiger partial charge in [-0.3, -0.25) is 14.6 Å². The van der Waals surface area contributed by atoms with Crippen molar-refractivity contribution in [2.75, 3.05) is 0 Å². The lowest BCUT2D eigenvalue weighted by molar-refractivity contribution is -0.140. The van der Waals surface area contributed by atoms with Crippen molar-refractivity contribution >= 4 is 29.4 Å². The second-order valence-corrected chi connectivity index (χ2v) is 3.83. The summed E-state index contributed by atoms with van der Waals surface area (Å²) in [4.78, 5) is 36.8. The van der Waals surface area contributed by atoms with Crippen molar-refractivity contribution in [3.05, 3.63) is 29.0 Å². The first-order chi connectivity index (χ1) is 8.40. The van der Waals surface area contributed by atoms with Gasteiger partial charge in [-0.1, -0.05) is 11.6 Å². The molecule has 0 fully saturated rings. The summed E-state index contributed by atoms with van der Waals surface area (Å²) in [6.07, 6.45) is 0.808. The Balaban J connectivity index is 2.78. The summed E-state index contributed by atoms with van der Waals surface area (Å²) in [5, 5.41) is 11.2. The molecule has 0 bridgehead atoms. The van der Waals surface area contributed by atoms with Crippen LogP contribution in [0.2, 0.25) is 5.02 Å². The SMILES string of the molecule is NC(=O)C[C@@H](NC(=O)c1cc(Cl)ccn1)C(=O)O. The number of carbonyl (C=O) groups is 3. The zero-order chi connectivity index (χ0) is 13.7. The van der Waals surface area contributed by atoms with E-state index in [4.69, 9.17) is 22.4 Å². The molecule has 1 atom stereocenters. The van der Waals surface area contributed by atoms with Crippen LogP contribution in [0, 0.1) is 0 Å². The molecule has 0 aliphatic rings. The van der Waals surface area contributed by atoms with Gasteiger partial charge in [0.1, 0.15) is 11.7 Å². The molecule has 96 valence electrons. The van der Waals surface area contributed by atoms with Crippen molar-refractivity contribution in [1.29, 1.82) is 0 Å². The summed E-state index contributed by atoms with van der Waals surface area (Å²) < 4.78 is 0. The minimum Gasteiger partial charge on any atom is -0.480 e. The topological polar surface area (TPSA) is 122 Å². The summed E-state index contributed by atoms with van der Waals surface area (Å²) in [6.45, 7) is 0. The van der Waals surface area contributed by atoms with Crippen molar-refractivity contribution in [2.24, 2.45) is 5.73 Å². The summed E-state index contributed by atoms with van der Waals surface area (Å²) in [5.41, 5.74) is 4.84. The van der Waals surface area contributed by atoms with E-state index in [-0.39, 0.29) is 10.7 Å². The second-order valence-electron chi connectivity index (χ2n) is 3.39. The maximum atomic E-state index is 11.6. The van der Waals surface area contributed by atoms with Gasteiger partial charge in [0.2, 0.25) is 5.91 Å². The van der Waals surface area contributed by atoms with Gasteiger partial charge >= 0.3 is 5.97 Å². The lowest BCUT2D eigenvalue weighted by atomic mass is 10.2. The molecule has 0 radical (unpaired) electrons. The van der Waals surface area contributed by atoms with Gasteiger partial charge in [-0.2, -0.15) is 0 Å². The Bertz CT molecular complexity index is 492. The molecular formula is C10H10ClN3O4. The van der Waals surface area contributed by atoms with Crippen LogP contribution in [-0.2, 0) is 9.59 Å². The first-order valence-electron chi connectivity index (χ1n) is 4.83. The van der Waals surface area contributed by atoms with Crippen LogP contribution in [0.15, 0.2) is 18.3 Å². The van der Waals surface area contributed by atoms with Crippen LogP contribution in [0.3, 0.4) is 0 Å². The molecule has 7 nitrogen and oxygen atoms in total. The average molecular weight is 272 g/mol. The van der Waals surface area contributed by atoms with Gasteiger partial charge < -0.3 is 16.2 Å². The fraction of sp³-hybridized carbons (Fsp3) is 0.200. The van der Waals surface area contributed by atoms with Gasteiger partial charge in [-0.15, -0.1) is 0 Å². The molecule has 0 aliphatic carbocycles. The summed E-state index contributed by atoms with van der Waals surface area (Å²) in [6, 6.07) is 1.35. The van der Waals surface area contributed by atoms with E-state index in [1.165, 1.54) is 18.3 Å². The molecule has 1 aromatic rings. The van der Waals surface area contributed by atoms with E-state index < -0.39 is 30.2 Å². The third-order valence-corrected chi connectivity index (χ3v) is 2.20. The van der Waals surface area contributed by atoms with Gasteiger partial charge in [-0.25, -0.2) is 4.79 Å². The normalized spacial score (nSPS) is 11.6. The van der Waals surface area contributed by atoms with E-state index in [1.807, 2.05) is 0 Å². The Kier molecular flexibility index (Phi) is 4.61. The highest BCUT2D eigenvalue weighted by atomic mass is 35.5. The predicted octanol–water partition coefficient (Wildman–Crippen LogP) is -0.207. The van der Waals surface area contributed by atoms with Crippen molar-refractivity contribution in [3.8, 4) is 0 Å². The number of nitrogens with one attached hydrogen (secondary N) is 1. The molecule has 1 heterocycles. The number of pyridine rings is 1. The van der Waals surface area contributed by atoms with Crippen LogP contribution in [-0.4, -0.2) is 33.9 Å². The standard InChI is InChI=1S/C10H10ClN3O4/c11-5-1-2-13-6(3-5)9(16)14-7(10(17)18)4-8(12)15/h1-3,7H,4H2,(H2,12,15)(H,14,16)(H,17,18)/t7-/m1/s1. The number of nitrogens with two attached hydrogens (primary N) is 1. The van der Waals surface area contributed by atoms with Crippen molar-refractivity contribution in [1.82, 2.24) is 10.3 Å². The van der Waals surface area contributed by atoms with Crippen LogP contribution in [0.5, 0.6) is 0 Å². The molecule has 2 amide bonds. The van der Waals surface area contributed by atoms with Crippen molar-refractivity contribution in [2.45, 2.75) is 12.5 Å². The quantitative estimate of drug-likeness (QED) is 0.684. The minimum absolute atomic E-state index is 0.0433. The molecule has 0 saturated carbocycles. The fourth-order valence-electron chi connectivity index (χ4n) is 1.16. The largest absolute Gasteiger partial charge is 0.480 e. The van der Waals surface area contributed by atoms with Crippen LogP contribution in [0.1, 0.15) is 16.9 Å². The number of carboxylic acids is 1. The second kappa shape index (κ2) is 5.97. The van der Waals surface area contributed by atoms with Gasteiger partial charge in [-0.05, 0) is 12.1 Å². The molecule has 0 aromatic carbocycles. The van der Waals surface area contributed by atoms with Gasteiger partial charge in [0.05, 0.1) is 6.42 Å². The van der Waals surface area contributed by atoms with E-state index >= 15 is 0 Å². The predicted molar refractivity (Wildman–Crippen MR) is 61.9 cm³/mol. The van der Waals surface area contributed by atoms with Crippen LogP contribution < -0.4 is 11.1 Å². The Hall–Kier alpha value is -2.15. The van der Waals surface area contributed by atoms with E-state index in [2.05, 4.69) is 10.3 Å². The number of primary amides is 1. The number of carbonyl (C=O) groups excluding carboxylic acids is 2. The highest BCUT2D eigenvalue weighted by Gasteiger charge is 2.23. The summed E-state index contributed by atoms with van der Waals surface area (Å²) >= 11 is 5.66. The van der Waals surface area contributed by atoms with Gasteiger partial charge in [0, 0.05) is 11.2 Å². The molecule has 1 rings (SSSR count). The average Bonchev–Trinajstić information content (AvgIpc) is 2.27. The number of carboxylic acid groups (broad SMARTS) is 1. The lowest BCUT2D eigenvalue weighted by Gasteiger charge is -2.12. The summed E-state index contributed by atoms with van der Waals surface area (Å²) in [5.74, 6) is -2.93. The maximum absolute atomic E-state index is 11.6. The molecule has 0 aliphatic heterocycles. The molecule has 4 N–H and O–H groups in total. The number of halogens is 1. The Labute approximate surface area is 107 Å². The third kappa shape index (κ3) is 4.02. The number of rotatable bonds is 5. The number of aromatic nitrogens is 1. The van der Waals surface area contributed by atoms with Gasteiger partial charge in [0.15, 0.2) is 0 Å². The molecule has 0 unspecified atom stereocenters. The molecule has 0 saturated heterocycles. The highest BCUT2D eigenvalue weighted by molar-refractivity contribution is 6.30. The molecule has 0 spiro atoms. The number of aliphatic carboxylic acids is 1. The molecule has 8 heteroatoms. The Morgan fingerprint density at radius 1 is 1.50 bits per heavy atom. The van der Waals surface area contributed by atoms with E-state index in [0.29, 0.717) is 0 Å². The smallest absolute Gasteiger partial charge is 0.326 e. The lowest BCUT2D eigenvalue weighted by Crippen LogP contribution is -2.43. The number of amides is 2. The first-order valence-corrected chi connectivity index (χ1v) is 5.21. The monoisotopic (exact) mass is 271 g/mol. The van der Waals surface area contributed by atoms with Crippen LogP contribution >= 0.6 is 11.6 Å². The molecule has 1 aromatic heterocycles. The zero-order valence-electron chi connectivity index (χ0n) is 9.09. The van der Waals surface area contributed by atoms with Crippen molar-refractivity contribution < 1.29 is 19.5 Å². The minimum atomic E-state index is -1.39. The Morgan fingerprint density at radius 3 is 2.67 bits per heavy atom. The first kappa shape index (κ1) is 13.9. The van der Waals surface area contributed by atoms with E-state index in [1.54, 1.807) is 0 Å². The Morgan fingerprint density at radius 2 is 2.17 bits per heavy atom. The molecular weight excluding hydrogens is 262 g/mol. The van der Waals surface area contributed by atoms with E-state index in [9.17, 15) is 14.4 Å². The van der Waals surface area contributed by atoms with E-state index in [0.717, 1.165) is 0 Å². The number of hydrogen-bond donors (Lipinski definition) is 3. The molecule has 18 heavy (non-hydrogen) atoms. The number of hydrogen-bond acceptors (Lipinski definition) is 4. The fourth-order valence-corrected chi connectivity index (χ4v) is 1.32. The van der Waals surface area contributed by atoms with Gasteiger partial charge in [0.25, 0.3) is 5.91 Å². The maximum Gasteiger partial charge on any atom is 0.326 e. The highest BCUT2D eigenvalue weighted by Crippen LogP contribution is 2.08. The third-order valence-electron chi connectivity index (χ3n) is 1.96.